The van der Waals surface area contributed by atoms with E-state index in [1.165, 1.54) is 4.90 Å². The Morgan fingerprint density at radius 3 is 2.53 bits per heavy atom. The number of hydrogen-bond acceptors (Lipinski definition) is 5. The van der Waals surface area contributed by atoms with Crippen LogP contribution in [0.2, 0.25) is 0 Å². The highest BCUT2D eigenvalue weighted by atomic mass is 16.5. The van der Waals surface area contributed by atoms with Crippen LogP contribution >= 0.6 is 0 Å². The summed E-state index contributed by atoms with van der Waals surface area (Å²) in [5, 5.41) is 0. The molecule has 2 amide bonds. The van der Waals surface area contributed by atoms with Crippen molar-refractivity contribution in [2.75, 3.05) is 19.7 Å². The number of piperidine rings is 1. The minimum Gasteiger partial charge on any atom is -0.493 e. The van der Waals surface area contributed by atoms with Crippen molar-refractivity contribution in [2.45, 2.75) is 40.2 Å². The molecule has 2 aromatic rings. The highest BCUT2D eigenvalue weighted by Crippen LogP contribution is 2.35. The van der Waals surface area contributed by atoms with Gasteiger partial charge in [-0.3, -0.25) is 19.5 Å². The number of nitrogens with zero attached hydrogens (tertiary/aromatic N) is 3. The van der Waals surface area contributed by atoms with Crippen molar-refractivity contribution < 1.29 is 14.3 Å². The fourth-order valence-corrected chi connectivity index (χ4v) is 4.29. The second kappa shape index (κ2) is 9.55. The lowest BCUT2D eigenvalue weighted by molar-refractivity contribution is -0.138. The Balaban J connectivity index is 1.67. The zero-order valence-electron chi connectivity index (χ0n) is 19.1. The van der Waals surface area contributed by atoms with E-state index in [1.54, 1.807) is 6.20 Å². The molecule has 3 heterocycles. The summed E-state index contributed by atoms with van der Waals surface area (Å²) in [7, 11) is 0. The molecule has 1 fully saturated rings. The van der Waals surface area contributed by atoms with Gasteiger partial charge in [0.1, 0.15) is 11.4 Å². The van der Waals surface area contributed by atoms with E-state index in [4.69, 9.17) is 4.74 Å². The topological polar surface area (TPSA) is 62.7 Å². The second-order valence-corrected chi connectivity index (χ2v) is 9.16. The van der Waals surface area contributed by atoms with E-state index in [9.17, 15) is 9.59 Å². The maximum Gasteiger partial charge on any atom is 0.278 e. The fraction of sp³-hybridized carbons (Fsp3) is 0.423. The Hall–Kier alpha value is -3.15. The van der Waals surface area contributed by atoms with Crippen LogP contribution < -0.4 is 4.74 Å². The summed E-state index contributed by atoms with van der Waals surface area (Å²) in [6.07, 6.45) is 3.83. The lowest BCUT2D eigenvalue weighted by Gasteiger charge is -2.33. The maximum atomic E-state index is 13.5. The average molecular weight is 434 g/mol. The van der Waals surface area contributed by atoms with Gasteiger partial charge in [-0.15, -0.1) is 0 Å². The summed E-state index contributed by atoms with van der Waals surface area (Å²) in [6, 6.07) is 13.0. The normalized spacial score (nSPS) is 19.3. The maximum absolute atomic E-state index is 13.5. The van der Waals surface area contributed by atoms with Crippen LogP contribution in [0, 0.1) is 11.8 Å². The summed E-state index contributed by atoms with van der Waals surface area (Å²) < 4.78 is 5.79. The predicted octanol–water partition coefficient (Wildman–Crippen LogP) is 4.13. The Morgan fingerprint density at radius 1 is 1.09 bits per heavy atom. The molecule has 0 aliphatic carbocycles. The van der Waals surface area contributed by atoms with Gasteiger partial charge in [0.05, 0.1) is 24.4 Å². The van der Waals surface area contributed by atoms with Crippen molar-refractivity contribution in [2.24, 2.45) is 11.8 Å². The van der Waals surface area contributed by atoms with E-state index in [-0.39, 0.29) is 18.4 Å². The molecule has 2 aliphatic heterocycles. The number of carbonyl (C=O) groups is 2. The van der Waals surface area contributed by atoms with Crippen LogP contribution in [-0.4, -0.2) is 46.3 Å². The number of rotatable bonds is 7. The first-order valence-corrected chi connectivity index (χ1v) is 11.4. The lowest BCUT2D eigenvalue weighted by Crippen LogP contribution is -2.39. The van der Waals surface area contributed by atoms with E-state index in [1.807, 2.05) is 42.5 Å². The van der Waals surface area contributed by atoms with E-state index in [0.717, 1.165) is 37.2 Å². The number of likely N-dealkylation sites (tertiary alicyclic amines) is 1. The molecule has 6 heteroatoms. The first kappa shape index (κ1) is 22.1. The molecule has 168 valence electrons. The summed E-state index contributed by atoms with van der Waals surface area (Å²) in [5.74, 6) is 1.18. The third kappa shape index (κ3) is 4.69. The Morgan fingerprint density at radius 2 is 1.88 bits per heavy atom. The monoisotopic (exact) mass is 433 g/mol. The number of imide groups is 1. The van der Waals surface area contributed by atoms with Crippen LogP contribution in [0.3, 0.4) is 0 Å². The minimum atomic E-state index is -0.260. The van der Waals surface area contributed by atoms with Gasteiger partial charge in [-0.2, -0.15) is 0 Å². The largest absolute Gasteiger partial charge is 0.493 e. The average Bonchev–Trinajstić information content (AvgIpc) is 3.03. The number of amides is 2. The quantitative estimate of drug-likeness (QED) is 0.615. The van der Waals surface area contributed by atoms with Gasteiger partial charge >= 0.3 is 0 Å². The molecule has 0 saturated carbocycles. The molecule has 6 nitrogen and oxygen atoms in total. The number of carbonyl (C=O) groups excluding carboxylic acids is 2. The molecule has 2 aliphatic rings. The van der Waals surface area contributed by atoms with E-state index in [0.29, 0.717) is 35.4 Å². The van der Waals surface area contributed by atoms with Gasteiger partial charge in [-0.1, -0.05) is 39.0 Å². The molecule has 32 heavy (non-hydrogen) atoms. The standard InChI is InChI=1S/C26H31N3O3/c1-18(2)17-32-22-11-9-20(10-12-22)23-24(28-14-6-7-19(3)15-28)26(31)29(25(23)30)16-21-8-4-5-13-27-21/h4-5,8-13,18-19H,6-7,14-17H2,1-3H3. The fourth-order valence-electron chi connectivity index (χ4n) is 4.29. The number of hydrogen-bond donors (Lipinski definition) is 0. The molecular formula is C26H31N3O3. The first-order valence-electron chi connectivity index (χ1n) is 11.4. The van der Waals surface area contributed by atoms with Crippen LogP contribution in [0.4, 0.5) is 0 Å². The Bertz CT molecular complexity index is 999. The van der Waals surface area contributed by atoms with Crippen LogP contribution in [0.25, 0.3) is 5.57 Å². The minimum absolute atomic E-state index is 0.171. The Kier molecular flexibility index (Phi) is 6.58. The highest BCUT2D eigenvalue weighted by Gasteiger charge is 2.42. The van der Waals surface area contributed by atoms with Crippen molar-refractivity contribution in [3.8, 4) is 5.75 Å². The van der Waals surface area contributed by atoms with Gasteiger partial charge in [0.15, 0.2) is 0 Å². The number of ether oxygens (including phenoxy) is 1. The van der Waals surface area contributed by atoms with Gasteiger partial charge in [0.25, 0.3) is 11.8 Å². The van der Waals surface area contributed by atoms with Crippen molar-refractivity contribution >= 4 is 17.4 Å². The molecule has 0 spiro atoms. The van der Waals surface area contributed by atoms with E-state index in [2.05, 4.69) is 30.7 Å². The van der Waals surface area contributed by atoms with Gasteiger partial charge < -0.3 is 9.64 Å². The van der Waals surface area contributed by atoms with Gasteiger partial charge in [-0.25, -0.2) is 0 Å². The molecule has 4 rings (SSSR count). The van der Waals surface area contributed by atoms with Crippen molar-refractivity contribution in [1.82, 2.24) is 14.8 Å². The molecule has 0 bridgehead atoms. The smallest absolute Gasteiger partial charge is 0.278 e. The molecule has 1 aromatic carbocycles. The van der Waals surface area contributed by atoms with Crippen LogP contribution in [0.15, 0.2) is 54.4 Å². The molecule has 1 saturated heterocycles. The summed E-state index contributed by atoms with van der Waals surface area (Å²) in [4.78, 5) is 34.8. The summed E-state index contributed by atoms with van der Waals surface area (Å²) >= 11 is 0. The number of benzene rings is 1. The molecule has 0 radical (unpaired) electrons. The van der Waals surface area contributed by atoms with Gasteiger partial charge in [-0.05, 0) is 54.5 Å². The van der Waals surface area contributed by atoms with Crippen molar-refractivity contribution in [1.29, 1.82) is 0 Å². The summed E-state index contributed by atoms with van der Waals surface area (Å²) in [5.41, 5.74) is 2.44. The molecule has 1 unspecified atom stereocenters. The molecule has 1 atom stereocenters. The highest BCUT2D eigenvalue weighted by molar-refractivity contribution is 6.35. The lowest BCUT2D eigenvalue weighted by atomic mass is 9.97. The molecule has 1 aromatic heterocycles. The van der Waals surface area contributed by atoms with E-state index >= 15 is 0 Å². The SMILES string of the molecule is CC(C)COc1ccc(C2=C(N3CCCC(C)C3)C(=O)N(Cc3ccccn3)C2=O)cc1. The number of pyridine rings is 1. The third-order valence-electron chi connectivity index (χ3n) is 5.89. The zero-order valence-corrected chi connectivity index (χ0v) is 19.1. The second-order valence-electron chi connectivity index (χ2n) is 9.16. The van der Waals surface area contributed by atoms with Gasteiger partial charge in [0, 0.05) is 19.3 Å². The molecule has 0 N–H and O–H groups in total. The molecular weight excluding hydrogens is 402 g/mol. The van der Waals surface area contributed by atoms with Crippen LogP contribution in [0.5, 0.6) is 5.75 Å². The Labute approximate surface area is 189 Å². The zero-order chi connectivity index (χ0) is 22.7. The van der Waals surface area contributed by atoms with E-state index < -0.39 is 0 Å². The third-order valence-corrected chi connectivity index (χ3v) is 5.89. The number of aromatic nitrogens is 1. The first-order chi connectivity index (χ1) is 15.4. The van der Waals surface area contributed by atoms with Crippen molar-refractivity contribution in [3.63, 3.8) is 0 Å². The summed E-state index contributed by atoms with van der Waals surface area (Å²) in [6.45, 7) is 8.77. The van der Waals surface area contributed by atoms with Crippen LogP contribution in [0.1, 0.15) is 44.9 Å². The predicted molar refractivity (Wildman–Crippen MR) is 123 cm³/mol. The van der Waals surface area contributed by atoms with Gasteiger partial charge in [0.2, 0.25) is 0 Å². The van der Waals surface area contributed by atoms with Crippen LogP contribution in [-0.2, 0) is 16.1 Å². The van der Waals surface area contributed by atoms with Crippen molar-refractivity contribution in [3.05, 3.63) is 65.6 Å².